The van der Waals surface area contributed by atoms with Gasteiger partial charge in [0.25, 0.3) is 0 Å². The van der Waals surface area contributed by atoms with Gasteiger partial charge in [0.15, 0.2) is 0 Å². The third kappa shape index (κ3) is 5.65. The quantitative estimate of drug-likeness (QED) is 0.633. The van der Waals surface area contributed by atoms with E-state index in [9.17, 15) is 4.79 Å². The Bertz CT molecular complexity index is 465. The zero-order chi connectivity index (χ0) is 16.0. The van der Waals surface area contributed by atoms with Crippen molar-refractivity contribution >= 4 is 5.78 Å². The van der Waals surface area contributed by atoms with Gasteiger partial charge in [-0.25, -0.2) is 0 Å². The molecule has 0 bridgehead atoms. The van der Waals surface area contributed by atoms with E-state index in [1.807, 2.05) is 20.8 Å². The molecule has 0 aliphatic carbocycles. The maximum absolute atomic E-state index is 12.6. The van der Waals surface area contributed by atoms with E-state index in [2.05, 4.69) is 39.0 Å². The van der Waals surface area contributed by atoms with Crippen molar-refractivity contribution in [3.63, 3.8) is 0 Å². The minimum Gasteiger partial charge on any atom is -0.299 e. The van der Waals surface area contributed by atoms with Crippen molar-refractivity contribution in [3.8, 4) is 0 Å². The Labute approximate surface area is 131 Å². The fourth-order valence-electron chi connectivity index (χ4n) is 2.77. The molecule has 0 amide bonds. The molecule has 0 radical (unpaired) electrons. The summed E-state index contributed by atoms with van der Waals surface area (Å²) in [4.78, 5) is 12.6. The normalized spacial score (nSPS) is 13.2. The van der Waals surface area contributed by atoms with Crippen molar-refractivity contribution < 1.29 is 4.79 Å². The number of rotatable bonds is 7. The van der Waals surface area contributed by atoms with Crippen molar-refractivity contribution in [2.45, 2.75) is 73.6 Å². The van der Waals surface area contributed by atoms with Crippen molar-refractivity contribution in [1.82, 2.24) is 0 Å². The molecular weight excluding hydrogens is 256 g/mol. The van der Waals surface area contributed by atoms with Crippen LogP contribution in [0.3, 0.4) is 0 Å². The van der Waals surface area contributed by atoms with Crippen LogP contribution >= 0.6 is 0 Å². The second-order valence-corrected chi connectivity index (χ2v) is 7.41. The third-order valence-corrected chi connectivity index (χ3v) is 4.37. The highest BCUT2D eigenvalue weighted by molar-refractivity contribution is 5.85. The van der Waals surface area contributed by atoms with Crippen molar-refractivity contribution in [2.75, 3.05) is 0 Å². The van der Waals surface area contributed by atoms with E-state index in [1.54, 1.807) is 0 Å². The van der Waals surface area contributed by atoms with E-state index in [0.29, 0.717) is 5.78 Å². The lowest BCUT2D eigenvalue weighted by Gasteiger charge is -2.24. The summed E-state index contributed by atoms with van der Waals surface area (Å²) in [5.41, 5.74) is 3.83. The molecule has 1 unspecified atom stereocenters. The third-order valence-electron chi connectivity index (χ3n) is 4.37. The fourth-order valence-corrected chi connectivity index (χ4v) is 2.77. The van der Waals surface area contributed by atoms with E-state index >= 15 is 0 Å². The van der Waals surface area contributed by atoms with Gasteiger partial charge < -0.3 is 0 Å². The van der Waals surface area contributed by atoms with Gasteiger partial charge in [-0.3, -0.25) is 4.79 Å². The first-order chi connectivity index (χ1) is 9.75. The lowest BCUT2D eigenvalue weighted by atomic mass is 9.78. The summed E-state index contributed by atoms with van der Waals surface area (Å²) >= 11 is 0. The minimum atomic E-state index is -0.221. The van der Waals surface area contributed by atoms with E-state index in [4.69, 9.17) is 0 Å². The van der Waals surface area contributed by atoms with Gasteiger partial charge >= 0.3 is 0 Å². The van der Waals surface area contributed by atoms with Gasteiger partial charge in [0.1, 0.15) is 5.78 Å². The maximum Gasteiger partial charge on any atom is 0.141 e. The zero-order valence-electron chi connectivity index (χ0n) is 14.8. The van der Waals surface area contributed by atoms with Gasteiger partial charge in [-0.15, -0.1) is 0 Å². The number of benzene rings is 1. The Morgan fingerprint density at radius 2 is 1.76 bits per heavy atom. The largest absolute Gasteiger partial charge is 0.299 e. The molecule has 1 aromatic carbocycles. The Morgan fingerprint density at radius 3 is 2.29 bits per heavy atom. The monoisotopic (exact) mass is 288 g/mol. The Kier molecular flexibility index (Phi) is 6.64. The lowest BCUT2D eigenvalue weighted by molar-refractivity contribution is -0.130. The van der Waals surface area contributed by atoms with Gasteiger partial charge in [-0.05, 0) is 49.8 Å². The molecule has 21 heavy (non-hydrogen) atoms. The Balaban J connectivity index is 2.72. The lowest BCUT2D eigenvalue weighted by Crippen LogP contribution is -2.28. The summed E-state index contributed by atoms with van der Waals surface area (Å²) in [5, 5.41) is 0. The van der Waals surface area contributed by atoms with Gasteiger partial charge in [0.2, 0.25) is 0 Å². The summed E-state index contributed by atoms with van der Waals surface area (Å²) in [6.45, 7) is 12.6. The Morgan fingerprint density at radius 1 is 1.10 bits per heavy atom. The topological polar surface area (TPSA) is 17.1 Å². The smallest absolute Gasteiger partial charge is 0.141 e. The van der Waals surface area contributed by atoms with Crippen LogP contribution in [0.2, 0.25) is 0 Å². The highest BCUT2D eigenvalue weighted by atomic mass is 16.1. The first-order valence-corrected chi connectivity index (χ1v) is 8.36. The second-order valence-electron chi connectivity index (χ2n) is 7.41. The molecule has 0 fully saturated rings. The predicted octanol–water partition coefficient (Wildman–Crippen LogP) is 5.66. The number of carbonyl (C=O) groups excluding carboxylic acids is 1. The maximum atomic E-state index is 12.6. The number of hydrogen-bond acceptors (Lipinski definition) is 1. The van der Waals surface area contributed by atoms with Crippen LogP contribution in [0.5, 0.6) is 0 Å². The van der Waals surface area contributed by atoms with Gasteiger partial charge in [0, 0.05) is 11.3 Å². The Hall–Kier alpha value is -1.11. The van der Waals surface area contributed by atoms with Gasteiger partial charge in [-0.2, -0.15) is 0 Å². The average Bonchev–Trinajstić information content (AvgIpc) is 2.41. The molecule has 0 aliphatic heterocycles. The molecule has 0 heterocycles. The van der Waals surface area contributed by atoms with Crippen LogP contribution in [0.25, 0.3) is 0 Å². The molecule has 0 spiro atoms. The molecule has 1 heteroatoms. The van der Waals surface area contributed by atoms with E-state index in [0.717, 1.165) is 32.1 Å². The van der Waals surface area contributed by atoms with Crippen LogP contribution in [0.15, 0.2) is 18.2 Å². The number of ketones is 1. The summed E-state index contributed by atoms with van der Waals surface area (Å²) in [7, 11) is 0. The van der Waals surface area contributed by atoms with Crippen LogP contribution in [0.4, 0.5) is 0 Å². The summed E-state index contributed by atoms with van der Waals surface area (Å²) in [6.07, 6.45) is 5.35. The molecule has 1 nitrogen and oxygen atoms in total. The number of Topliss-reactive ketones (excluding diaryl/α,β-unsaturated/α-hetero) is 1. The first kappa shape index (κ1) is 17.9. The van der Waals surface area contributed by atoms with Crippen molar-refractivity contribution in [1.29, 1.82) is 0 Å². The SMILES string of the molecule is CCCCC(CCc1ccc(C)c(C)c1)C(=O)C(C)(C)C. The minimum absolute atomic E-state index is 0.214. The average molecular weight is 288 g/mol. The van der Waals surface area contributed by atoms with Crippen LogP contribution < -0.4 is 0 Å². The highest BCUT2D eigenvalue weighted by Gasteiger charge is 2.28. The van der Waals surface area contributed by atoms with Crippen molar-refractivity contribution in [3.05, 3.63) is 34.9 Å². The van der Waals surface area contributed by atoms with E-state index < -0.39 is 0 Å². The molecule has 1 aromatic rings. The van der Waals surface area contributed by atoms with Crippen molar-refractivity contribution in [2.24, 2.45) is 11.3 Å². The fraction of sp³-hybridized carbons (Fsp3) is 0.650. The summed E-state index contributed by atoms with van der Waals surface area (Å²) in [5.74, 6) is 0.645. The number of hydrogen-bond donors (Lipinski definition) is 0. The molecular formula is C20H32O. The summed E-state index contributed by atoms with van der Waals surface area (Å²) < 4.78 is 0. The summed E-state index contributed by atoms with van der Waals surface area (Å²) in [6, 6.07) is 6.67. The molecule has 0 aliphatic rings. The van der Waals surface area contributed by atoms with E-state index in [1.165, 1.54) is 16.7 Å². The second kappa shape index (κ2) is 7.77. The van der Waals surface area contributed by atoms with Gasteiger partial charge in [-0.1, -0.05) is 58.7 Å². The number of unbranched alkanes of at least 4 members (excludes halogenated alkanes) is 1. The standard InChI is InChI=1S/C20H32O/c1-7-8-9-18(19(21)20(4,5)6)13-12-17-11-10-15(2)16(3)14-17/h10-11,14,18H,7-9,12-13H2,1-6H3. The van der Waals surface area contributed by atoms with E-state index in [-0.39, 0.29) is 11.3 Å². The first-order valence-electron chi connectivity index (χ1n) is 8.36. The molecule has 1 rings (SSSR count). The van der Waals surface area contributed by atoms with Crippen LogP contribution in [-0.2, 0) is 11.2 Å². The predicted molar refractivity (Wildman–Crippen MR) is 91.7 cm³/mol. The van der Waals surface area contributed by atoms with Crippen LogP contribution in [-0.4, -0.2) is 5.78 Å². The zero-order valence-corrected chi connectivity index (χ0v) is 14.8. The highest BCUT2D eigenvalue weighted by Crippen LogP contribution is 2.27. The molecule has 1 atom stereocenters. The molecule has 0 aromatic heterocycles. The molecule has 0 saturated heterocycles. The van der Waals surface area contributed by atoms with Gasteiger partial charge in [0.05, 0.1) is 0 Å². The number of carbonyl (C=O) groups is 1. The van der Waals surface area contributed by atoms with Crippen LogP contribution in [0, 0.1) is 25.2 Å². The molecule has 0 saturated carbocycles. The number of aryl methyl sites for hydroxylation is 3. The van der Waals surface area contributed by atoms with Crippen LogP contribution in [0.1, 0.15) is 70.1 Å². The molecule has 0 N–H and O–H groups in total. The molecule has 118 valence electrons.